The predicted molar refractivity (Wildman–Crippen MR) is 70.4 cm³/mol. The number of ether oxygens (including phenoxy) is 1. The molecule has 0 aromatic rings. The number of hydrogen-bond acceptors (Lipinski definition) is 3. The third-order valence-electron chi connectivity index (χ3n) is 4.84. The number of hydrogen-bond donors (Lipinski definition) is 0. The van der Waals surface area contributed by atoms with E-state index in [4.69, 9.17) is 4.74 Å². The third kappa shape index (κ3) is 2.77. The fourth-order valence-electron chi connectivity index (χ4n) is 3.73. The van der Waals surface area contributed by atoms with Gasteiger partial charge in [-0.3, -0.25) is 9.59 Å². The summed E-state index contributed by atoms with van der Waals surface area (Å²) in [5.74, 6) is -0.199. The van der Waals surface area contributed by atoms with Gasteiger partial charge in [0.05, 0.1) is 5.92 Å². The zero-order chi connectivity index (χ0) is 13.2. The highest BCUT2D eigenvalue weighted by Crippen LogP contribution is 2.31. The number of esters is 1. The Balaban J connectivity index is 1.54. The van der Waals surface area contributed by atoms with E-state index in [2.05, 4.69) is 0 Å². The van der Waals surface area contributed by atoms with E-state index in [1.165, 1.54) is 12.8 Å². The first kappa shape index (κ1) is 12.9. The van der Waals surface area contributed by atoms with Crippen LogP contribution in [0.4, 0.5) is 0 Å². The first-order valence-electron chi connectivity index (χ1n) is 7.74. The molecule has 0 bridgehead atoms. The van der Waals surface area contributed by atoms with Crippen molar-refractivity contribution in [3.8, 4) is 0 Å². The molecule has 0 spiro atoms. The van der Waals surface area contributed by atoms with Gasteiger partial charge < -0.3 is 9.64 Å². The van der Waals surface area contributed by atoms with Crippen LogP contribution in [0.5, 0.6) is 0 Å². The molecule has 3 fully saturated rings. The zero-order valence-electron chi connectivity index (χ0n) is 11.5. The molecule has 1 amide bonds. The summed E-state index contributed by atoms with van der Waals surface area (Å²) in [6.07, 6.45) is 9.44. The predicted octanol–water partition coefficient (Wildman–Crippen LogP) is 2.26. The van der Waals surface area contributed by atoms with E-state index < -0.39 is 0 Å². The van der Waals surface area contributed by atoms with Crippen molar-refractivity contribution in [1.82, 2.24) is 4.90 Å². The average Bonchev–Trinajstić information content (AvgIpc) is 3.07. The van der Waals surface area contributed by atoms with Crippen LogP contribution in [0.1, 0.15) is 57.8 Å². The van der Waals surface area contributed by atoms with E-state index in [-0.39, 0.29) is 23.9 Å². The van der Waals surface area contributed by atoms with Crippen molar-refractivity contribution in [2.24, 2.45) is 5.92 Å². The monoisotopic (exact) mass is 265 g/mol. The first-order chi connectivity index (χ1) is 9.24. The number of amides is 1. The summed E-state index contributed by atoms with van der Waals surface area (Å²) < 4.78 is 5.54. The molecule has 1 saturated heterocycles. The van der Waals surface area contributed by atoms with Crippen LogP contribution in [0.2, 0.25) is 0 Å². The molecule has 3 rings (SSSR count). The van der Waals surface area contributed by atoms with Gasteiger partial charge in [0, 0.05) is 19.0 Å². The van der Waals surface area contributed by atoms with Crippen LogP contribution in [0.15, 0.2) is 0 Å². The lowest BCUT2D eigenvalue weighted by Crippen LogP contribution is -2.35. The molecule has 1 heterocycles. The summed E-state index contributed by atoms with van der Waals surface area (Å²) in [6.45, 7) is 0.592. The maximum Gasteiger partial charge on any atom is 0.311 e. The van der Waals surface area contributed by atoms with Gasteiger partial charge in [0.1, 0.15) is 6.10 Å². The van der Waals surface area contributed by atoms with Crippen LogP contribution in [-0.2, 0) is 14.3 Å². The van der Waals surface area contributed by atoms with Gasteiger partial charge in [0.2, 0.25) is 5.91 Å². The maximum atomic E-state index is 12.1. The Kier molecular flexibility index (Phi) is 3.76. The van der Waals surface area contributed by atoms with Gasteiger partial charge in [-0.05, 0) is 38.5 Å². The lowest BCUT2D eigenvalue weighted by molar-refractivity contribution is -0.153. The van der Waals surface area contributed by atoms with Gasteiger partial charge in [-0.25, -0.2) is 0 Å². The Labute approximate surface area is 114 Å². The van der Waals surface area contributed by atoms with Gasteiger partial charge in [-0.1, -0.05) is 12.8 Å². The number of carbonyl (C=O) groups is 2. The van der Waals surface area contributed by atoms with Crippen molar-refractivity contribution in [1.29, 1.82) is 0 Å². The molecule has 3 aliphatic rings. The van der Waals surface area contributed by atoms with Gasteiger partial charge in [-0.15, -0.1) is 0 Å². The summed E-state index contributed by atoms with van der Waals surface area (Å²) in [5, 5.41) is 0. The SMILES string of the molecule is O=C(OC1CCCC1)[C@@H]1CC(=O)N(C2CCCC2)C1. The topological polar surface area (TPSA) is 46.6 Å². The molecule has 2 saturated carbocycles. The number of rotatable bonds is 3. The van der Waals surface area contributed by atoms with Crippen molar-refractivity contribution in [2.75, 3.05) is 6.54 Å². The lowest BCUT2D eigenvalue weighted by atomic mass is 10.1. The minimum Gasteiger partial charge on any atom is -0.462 e. The molecule has 19 heavy (non-hydrogen) atoms. The number of carbonyl (C=O) groups excluding carboxylic acids is 2. The summed E-state index contributed by atoms with van der Waals surface area (Å²) in [5.41, 5.74) is 0. The Morgan fingerprint density at radius 3 is 2.37 bits per heavy atom. The van der Waals surface area contributed by atoms with Gasteiger partial charge in [0.15, 0.2) is 0 Å². The second-order valence-corrected chi connectivity index (χ2v) is 6.23. The molecule has 0 aromatic heterocycles. The maximum absolute atomic E-state index is 12.1. The van der Waals surface area contributed by atoms with Crippen molar-refractivity contribution < 1.29 is 14.3 Å². The van der Waals surface area contributed by atoms with Crippen molar-refractivity contribution in [3.63, 3.8) is 0 Å². The highest BCUT2D eigenvalue weighted by atomic mass is 16.5. The highest BCUT2D eigenvalue weighted by Gasteiger charge is 2.40. The fourth-order valence-corrected chi connectivity index (χ4v) is 3.73. The first-order valence-corrected chi connectivity index (χ1v) is 7.74. The van der Waals surface area contributed by atoms with E-state index in [1.807, 2.05) is 4.90 Å². The fraction of sp³-hybridized carbons (Fsp3) is 0.867. The molecule has 106 valence electrons. The summed E-state index contributed by atoms with van der Waals surface area (Å²) >= 11 is 0. The Morgan fingerprint density at radius 2 is 1.68 bits per heavy atom. The molecule has 4 heteroatoms. The van der Waals surface area contributed by atoms with E-state index in [1.54, 1.807) is 0 Å². The largest absolute Gasteiger partial charge is 0.462 e. The van der Waals surface area contributed by atoms with Crippen LogP contribution >= 0.6 is 0 Å². The highest BCUT2D eigenvalue weighted by molar-refractivity contribution is 5.87. The van der Waals surface area contributed by atoms with Crippen molar-refractivity contribution in [3.05, 3.63) is 0 Å². The summed E-state index contributed by atoms with van der Waals surface area (Å²) in [7, 11) is 0. The van der Waals surface area contributed by atoms with E-state index in [0.29, 0.717) is 19.0 Å². The van der Waals surface area contributed by atoms with E-state index >= 15 is 0 Å². The van der Waals surface area contributed by atoms with E-state index in [9.17, 15) is 9.59 Å². The second-order valence-electron chi connectivity index (χ2n) is 6.23. The Hall–Kier alpha value is -1.06. The molecule has 0 N–H and O–H groups in total. The summed E-state index contributed by atoms with van der Waals surface area (Å²) in [6, 6.07) is 0.386. The van der Waals surface area contributed by atoms with Crippen LogP contribution in [0, 0.1) is 5.92 Å². The molecular formula is C15H23NO3. The molecule has 0 unspecified atom stereocenters. The number of likely N-dealkylation sites (tertiary alicyclic amines) is 1. The minimum absolute atomic E-state index is 0.114. The van der Waals surface area contributed by atoms with Crippen LogP contribution in [0.3, 0.4) is 0 Å². The molecule has 4 nitrogen and oxygen atoms in total. The van der Waals surface area contributed by atoms with Crippen LogP contribution in [0.25, 0.3) is 0 Å². The van der Waals surface area contributed by atoms with E-state index in [0.717, 1.165) is 38.5 Å². The van der Waals surface area contributed by atoms with Crippen LogP contribution in [-0.4, -0.2) is 35.5 Å². The zero-order valence-corrected chi connectivity index (χ0v) is 11.5. The smallest absolute Gasteiger partial charge is 0.311 e. The minimum atomic E-state index is -0.214. The van der Waals surface area contributed by atoms with Crippen molar-refractivity contribution in [2.45, 2.75) is 69.9 Å². The Morgan fingerprint density at radius 1 is 1.05 bits per heavy atom. The average molecular weight is 265 g/mol. The lowest BCUT2D eigenvalue weighted by Gasteiger charge is -2.24. The third-order valence-corrected chi connectivity index (χ3v) is 4.84. The van der Waals surface area contributed by atoms with Gasteiger partial charge in [0.25, 0.3) is 0 Å². The number of nitrogens with zero attached hydrogens (tertiary/aromatic N) is 1. The summed E-state index contributed by atoms with van der Waals surface area (Å²) in [4.78, 5) is 26.1. The quantitative estimate of drug-likeness (QED) is 0.735. The Bertz CT molecular complexity index is 356. The molecule has 0 radical (unpaired) electrons. The molecule has 2 aliphatic carbocycles. The normalized spacial score (nSPS) is 29.4. The molecule has 1 atom stereocenters. The molecular weight excluding hydrogens is 242 g/mol. The molecule has 1 aliphatic heterocycles. The second kappa shape index (κ2) is 5.51. The van der Waals surface area contributed by atoms with Gasteiger partial charge >= 0.3 is 5.97 Å². The van der Waals surface area contributed by atoms with Crippen LogP contribution < -0.4 is 0 Å². The molecule has 0 aromatic carbocycles. The van der Waals surface area contributed by atoms with Crippen molar-refractivity contribution >= 4 is 11.9 Å². The van der Waals surface area contributed by atoms with Gasteiger partial charge in [-0.2, -0.15) is 0 Å². The standard InChI is InChI=1S/C15H23NO3/c17-14-9-11(10-16(14)12-5-1-2-6-12)15(18)19-13-7-3-4-8-13/h11-13H,1-10H2/t11-/m1/s1.